The van der Waals surface area contributed by atoms with Gasteiger partial charge in [0.05, 0.1) is 5.92 Å². The molecule has 2 rings (SSSR count). The molecule has 0 saturated heterocycles. The van der Waals surface area contributed by atoms with Crippen molar-refractivity contribution in [2.24, 2.45) is 5.92 Å². The van der Waals surface area contributed by atoms with Crippen LogP contribution >= 0.6 is 11.3 Å². The number of rotatable bonds is 2. The predicted octanol–water partition coefficient (Wildman–Crippen LogP) is 2.24. The van der Waals surface area contributed by atoms with Gasteiger partial charge in [-0.15, -0.1) is 0 Å². The third-order valence-electron chi connectivity index (χ3n) is 2.40. The highest BCUT2D eigenvalue weighted by atomic mass is 32.1. The molecule has 1 aliphatic rings. The Balaban J connectivity index is 2.15. The molecule has 0 bridgehead atoms. The van der Waals surface area contributed by atoms with Crippen molar-refractivity contribution in [3.05, 3.63) is 21.9 Å². The van der Waals surface area contributed by atoms with Crippen LogP contribution in [0.4, 0.5) is 0 Å². The first-order valence-corrected chi connectivity index (χ1v) is 4.90. The van der Waals surface area contributed by atoms with E-state index in [1.165, 1.54) is 11.1 Å². The van der Waals surface area contributed by atoms with Crippen LogP contribution < -0.4 is 0 Å². The third kappa shape index (κ3) is 1.14. The van der Waals surface area contributed by atoms with Gasteiger partial charge in [-0.1, -0.05) is 0 Å². The molecule has 1 N–H and O–H groups in total. The van der Waals surface area contributed by atoms with Crippen LogP contribution in [0.15, 0.2) is 10.8 Å². The lowest BCUT2D eigenvalue weighted by Crippen LogP contribution is -1.98. The SMILES string of the molecule is Cc1cscc1C1CC1C(=O)O. The molecule has 0 radical (unpaired) electrons. The molecule has 2 atom stereocenters. The fourth-order valence-corrected chi connectivity index (χ4v) is 2.48. The second-order valence-corrected chi connectivity index (χ2v) is 4.04. The molecule has 3 heteroatoms. The van der Waals surface area contributed by atoms with Gasteiger partial charge in [-0.05, 0) is 41.1 Å². The molecule has 1 aromatic rings. The lowest BCUT2D eigenvalue weighted by Gasteiger charge is -1.94. The van der Waals surface area contributed by atoms with Crippen LogP contribution in [-0.4, -0.2) is 11.1 Å². The summed E-state index contributed by atoms with van der Waals surface area (Å²) in [7, 11) is 0. The van der Waals surface area contributed by atoms with Crippen LogP contribution in [0, 0.1) is 12.8 Å². The Morgan fingerprint density at radius 2 is 2.42 bits per heavy atom. The van der Waals surface area contributed by atoms with Gasteiger partial charge in [0.2, 0.25) is 0 Å². The van der Waals surface area contributed by atoms with Crippen molar-refractivity contribution < 1.29 is 9.90 Å². The van der Waals surface area contributed by atoms with Crippen molar-refractivity contribution in [1.82, 2.24) is 0 Å². The molecule has 1 aliphatic carbocycles. The van der Waals surface area contributed by atoms with Gasteiger partial charge in [0.1, 0.15) is 0 Å². The fraction of sp³-hybridized carbons (Fsp3) is 0.444. The largest absolute Gasteiger partial charge is 0.481 e. The number of carboxylic acid groups (broad SMARTS) is 1. The summed E-state index contributed by atoms with van der Waals surface area (Å²) in [5.74, 6) is -0.461. The first-order chi connectivity index (χ1) is 5.70. The Morgan fingerprint density at radius 3 is 2.83 bits per heavy atom. The maximum atomic E-state index is 10.6. The molecule has 0 aromatic carbocycles. The van der Waals surface area contributed by atoms with Gasteiger partial charge < -0.3 is 5.11 Å². The van der Waals surface area contributed by atoms with Crippen molar-refractivity contribution in [2.75, 3.05) is 0 Å². The number of carboxylic acids is 1. The molecular formula is C9H10O2S. The molecule has 0 amide bonds. The van der Waals surface area contributed by atoms with E-state index in [9.17, 15) is 4.79 Å². The summed E-state index contributed by atoms with van der Waals surface area (Å²) < 4.78 is 0. The Labute approximate surface area is 74.8 Å². The lowest BCUT2D eigenvalue weighted by atomic mass is 10.1. The summed E-state index contributed by atoms with van der Waals surface area (Å²) >= 11 is 1.66. The van der Waals surface area contributed by atoms with E-state index in [1.807, 2.05) is 6.92 Å². The van der Waals surface area contributed by atoms with Gasteiger partial charge in [-0.2, -0.15) is 11.3 Å². The van der Waals surface area contributed by atoms with E-state index in [0.29, 0.717) is 5.92 Å². The zero-order chi connectivity index (χ0) is 8.72. The van der Waals surface area contributed by atoms with E-state index < -0.39 is 5.97 Å². The molecular weight excluding hydrogens is 172 g/mol. The van der Waals surface area contributed by atoms with E-state index in [0.717, 1.165) is 6.42 Å². The van der Waals surface area contributed by atoms with E-state index in [4.69, 9.17) is 5.11 Å². The maximum absolute atomic E-state index is 10.6. The van der Waals surface area contributed by atoms with Gasteiger partial charge in [-0.25, -0.2) is 0 Å². The average molecular weight is 182 g/mol. The van der Waals surface area contributed by atoms with Gasteiger partial charge >= 0.3 is 5.97 Å². The van der Waals surface area contributed by atoms with Crippen LogP contribution in [0.5, 0.6) is 0 Å². The molecule has 1 aromatic heterocycles. The number of carbonyl (C=O) groups is 1. The lowest BCUT2D eigenvalue weighted by molar-refractivity contribution is -0.138. The summed E-state index contributed by atoms with van der Waals surface area (Å²) in [6, 6.07) is 0. The quantitative estimate of drug-likeness (QED) is 0.761. The summed E-state index contributed by atoms with van der Waals surface area (Å²) in [4.78, 5) is 10.6. The molecule has 64 valence electrons. The van der Waals surface area contributed by atoms with Gasteiger partial charge in [0.15, 0.2) is 0 Å². The highest BCUT2D eigenvalue weighted by Crippen LogP contribution is 2.49. The average Bonchev–Trinajstić information content (AvgIpc) is 2.70. The van der Waals surface area contributed by atoms with Gasteiger partial charge in [0.25, 0.3) is 0 Å². The summed E-state index contributed by atoms with van der Waals surface area (Å²) in [5, 5.41) is 12.9. The van der Waals surface area contributed by atoms with Crippen molar-refractivity contribution in [3.63, 3.8) is 0 Å². The van der Waals surface area contributed by atoms with E-state index in [2.05, 4.69) is 10.8 Å². The second-order valence-electron chi connectivity index (χ2n) is 3.30. The minimum Gasteiger partial charge on any atom is -0.481 e. The monoisotopic (exact) mass is 182 g/mol. The Bertz CT molecular complexity index is 316. The number of aliphatic carboxylic acids is 1. The van der Waals surface area contributed by atoms with Crippen LogP contribution in [0.25, 0.3) is 0 Å². The molecule has 0 aliphatic heterocycles. The maximum Gasteiger partial charge on any atom is 0.307 e. The molecule has 12 heavy (non-hydrogen) atoms. The molecule has 2 unspecified atom stereocenters. The highest BCUT2D eigenvalue weighted by Gasteiger charge is 2.44. The minimum absolute atomic E-state index is 0.113. The minimum atomic E-state index is -0.648. The van der Waals surface area contributed by atoms with Crippen LogP contribution in [-0.2, 0) is 4.79 Å². The number of hydrogen-bond acceptors (Lipinski definition) is 2. The van der Waals surface area contributed by atoms with Crippen molar-refractivity contribution in [1.29, 1.82) is 0 Å². The van der Waals surface area contributed by atoms with Crippen LogP contribution in [0.2, 0.25) is 0 Å². The number of thiophene rings is 1. The van der Waals surface area contributed by atoms with E-state index >= 15 is 0 Å². The predicted molar refractivity (Wildman–Crippen MR) is 47.5 cm³/mol. The van der Waals surface area contributed by atoms with Gasteiger partial charge in [-0.3, -0.25) is 4.79 Å². The molecule has 1 fully saturated rings. The normalized spacial score (nSPS) is 27.1. The number of aryl methyl sites for hydroxylation is 1. The Kier molecular flexibility index (Phi) is 1.68. The first-order valence-electron chi connectivity index (χ1n) is 3.95. The molecule has 1 saturated carbocycles. The zero-order valence-electron chi connectivity index (χ0n) is 6.78. The van der Waals surface area contributed by atoms with E-state index in [-0.39, 0.29) is 5.92 Å². The number of hydrogen-bond donors (Lipinski definition) is 1. The molecule has 0 spiro atoms. The topological polar surface area (TPSA) is 37.3 Å². The van der Waals surface area contributed by atoms with Crippen LogP contribution in [0.1, 0.15) is 23.5 Å². The zero-order valence-corrected chi connectivity index (χ0v) is 7.60. The van der Waals surface area contributed by atoms with Crippen molar-refractivity contribution in [3.8, 4) is 0 Å². The second kappa shape index (κ2) is 2.59. The smallest absolute Gasteiger partial charge is 0.307 e. The highest BCUT2D eigenvalue weighted by molar-refractivity contribution is 7.08. The first kappa shape index (κ1) is 7.80. The Hall–Kier alpha value is -0.830. The summed E-state index contributed by atoms with van der Waals surface area (Å²) in [6.07, 6.45) is 0.826. The van der Waals surface area contributed by atoms with Crippen LogP contribution in [0.3, 0.4) is 0 Å². The summed E-state index contributed by atoms with van der Waals surface area (Å²) in [5.41, 5.74) is 2.49. The standard InChI is InChI=1S/C9H10O2S/c1-5-3-12-4-8(5)6-2-7(6)9(10)11/h3-4,6-7H,2H2,1H3,(H,10,11). The van der Waals surface area contributed by atoms with Crippen molar-refractivity contribution in [2.45, 2.75) is 19.3 Å². The summed E-state index contributed by atoms with van der Waals surface area (Å²) in [6.45, 7) is 2.04. The third-order valence-corrected chi connectivity index (χ3v) is 3.28. The van der Waals surface area contributed by atoms with Gasteiger partial charge in [0, 0.05) is 0 Å². The van der Waals surface area contributed by atoms with E-state index in [1.54, 1.807) is 11.3 Å². The fourth-order valence-electron chi connectivity index (χ4n) is 1.56. The molecule has 1 heterocycles. The molecule has 2 nitrogen and oxygen atoms in total. The Morgan fingerprint density at radius 1 is 1.67 bits per heavy atom. The van der Waals surface area contributed by atoms with Crippen molar-refractivity contribution >= 4 is 17.3 Å².